The van der Waals surface area contributed by atoms with E-state index in [4.69, 9.17) is 4.52 Å². The van der Waals surface area contributed by atoms with Crippen molar-refractivity contribution in [1.29, 1.82) is 0 Å². The van der Waals surface area contributed by atoms with Crippen molar-refractivity contribution in [3.8, 4) is 11.4 Å². The average Bonchev–Trinajstić information content (AvgIpc) is 3.13. The number of hydrogen-bond acceptors (Lipinski definition) is 6. The molecule has 1 amide bonds. The molecule has 0 aliphatic carbocycles. The zero-order chi connectivity index (χ0) is 20.1. The minimum Gasteiger partial charge on any atom is -0.345 e. The molecule has 28 heavy (non-hydrogen) atoms. The lowest BCUT2D eigenvalue weighted by atomic mass is 10.1. The maximum absolute atomic E-state index is 12.3. The van der Waals surface area contributed by atoms with Gasteiger partial charge in [-0.2, -0.15) is 4.98 Å². The van der Waals surface area contributed by atoms with E-state index in [1.54, 1.807) is 30.3 Å². The van der Waals surface area contributed by atoms with Gasteiger partial charge in [0.1, 0.15) is 6.54 Å². The van der Waals surface area contributed by atoms with E-state index in [0.29, 0.717) is 11.5 Å². The van der Waals surface area contributed by atoms with E-state index in [1.165, 1.54) is 0 Å². The number of carbonyl (C=O) groups is 1. The number of aryl methyl sites for hydroxylation is 1. The first-order valence-electron chi connectivity index (χ1n) is 8.52. The number of aromatic nitrogens is 2. The lowest BCUT2D eigenvalue weighted by molar-refractivity contribution is -0.119. The van der Waals surface area contributed by atoms with Gasteiger partial charge in [-0.1, -0.05) is 47.1 Å². The number of sulfonamides is 1. The lowest BCUT2D eigenvalue weighted by Crippen LogP contribution is -2.40. The maximum Gasteiger partial charge on any atom is 0.246 e. The number of anilines is 1. The van der Waals surface area contributed by atoms with Gasteiger partial charge in [0.25, 0.3) is 0 Å². The van der Waals surface area contributed by atoms with Crippen LogP contribution in [-0.4, -0.2) is 37.3 Å². The summed E-state index contributed by atoms with van der Waals surface area (Å²) in [5, 5.41) is 6.52. The molecule has 0 bridgehead atoms. The number of para-hydroxylation sites is 1. The predicted octanol–water partition coefficient (Wildman–Crippen LogP) is 2.13. The monoisotopic (exact) mass is 400 g/mol. The molecule has 0 unspecified atom stereocenters. The van der Waals surface area contributed by atoms with Crippen molar-refractivity contribution in [2.45, 2.75) is 13.5 Å². The van der Waals surface area contributed by atoms with Gasteiger partial charge < -0.3 is 9.84 Å². The molecule has 146 valence electrons. The summed E-state index contributed by atoms with van der Waals surface area (Å²) in [5.74, 6) is 0.176. The van der Waals surface area contributed by atoms with Crippen molar-refractivity contribution >= 4 is 21.6 Å². The van der Waals surface area contributed by atoms with Crippen molar-refractivity contribution in [3.05, 3.63) is 66.1 Å². The summed E-state index contributed by atoms with van der Waals surface area (Å²) in [7, 11) is -3.61. The number of carbonyl (C=O) groups excluding carboxylic acids is 1. The lowest BCUT2D eigenvalue weighted by Gasteiger charge is -2.21. The SMILES string of the molecule is Cc1cccc(-c2noc(CNC(=O)CN(c3ccccc3)S(C)(=O)=O)n2)c1. The van der Waals surface area contributed by atoms with Crippen molar-refractivity contribution in [3.63, 3.8) is 0 Å². The standard InChI is InChI=1S/C19H20N4O4S/c1-14-7-6-8-15(11-14)19-21-18(27-22-19)12-20-17(24)13-23(28(2,25)26)16-9-4-3-5-10-16/h3-11H,12-13H2,1-2H3,(H,20,24). The summed E-state index contributed by atoms with van der Waals surface area (Å²) in [6.45, 7) is 1.62. The third-order valence-electron chi connectivity index (χ3n) is 3.91. The molecule has 1 heterocycles. The number of nitrogens with zero attached hydrogens (tertiary/aromatic N) is 3. The van der Waals surface area contributed by atoms with Crippen LogP contribution in [-0.2, 0) is 21.4 Å². The van der Waals surface area contributed by atoms with Crippen LogP contribution >= 0.6 is 0 Å². The van der Waals surface area contributed by atoms with E-state index in [2.05, 4.69) is 15.5 Å². The Bertz CT molecular complexity index is 1060. The Morgan fingerprint density at radius 2 is 1.89 bits per heavy atom. The van der Waals surface area contributed by atoms with E-state index >= 15 is 0 Å². The summed E-state index contributed by atoms with van der Waals surface area (Å²) >= 11 is 0. The first-order chi connectivity index (χ1) is 13.3. The van der Waals surface area contributed by atoms with Crippen LogP contribution in [0.4, 0.5) is 5.69 Å². The molecule has 8 nitrogen and oxygen atoms in total. The second-order valence-corrected chi connectivity index (χ2v) is 8.17. The molecule has 2 aromatic carbocycles. The molecule has 0 saturated heterocycles. The molecule has 0 aliphatic rings. The normalized spacial score (nSPS) is 11.2. The highest BCUT2D eigenvalue weighted by Crippen LogP contribution is 2.17. The summed E-state index contributed by atoms with van der Waals surface area (Å²) < 4.78 is 30.3. The van der Waals surface area contributed by atoms with Crippen LogP contribution in [0, 0.1) is 6.92 Å². The number of nitrogens with one attached hydrogen (secondary N) is 1. The van der Waals surface area contributed by atoms with E-state index in [1.807, 2.05) is 31.2 Å². The van der Waals surface area contributed by atoms with E-state index < -0.39 is 15.9 Å². The van der Waals surface area contributed by atoms with Crippen molar-refractivity contribution in [2.75, 3.05) is 17.1 Å². The van der Waals surface area contributed by atoms with Crippen molar-refractivity contribution < 1.29 is 17.7 Å². The molecule has 0 saturated carbocycles. The van der Waals surface area contributed by atoms with E-state index in [9.17, 15) is 13.2 Å². The van der Waals surface area contributed by atoms with Gasteiger partial charge in [0.2, 0.25) is 27.6 Å². The summed E-state index contributed by atoms with van der Waals surface area (Å²) in [4.78, 5) is 16.5. The molecular formula is C19H20N4O4S. The maximum atomic E-state index is 12.3. The van der Waals surface area contributed by atoms with Crippen LogP contribution in [0.3, 0.4) is 0 Å². The Balaban J connectivity index is 1.64. The van der Waals surface area contributed by atoms with Crippen LogP contribution in [0.15, 0.2) is 59.1 Å². The van der Waals surface area contributed by atoms with Gasteiger partial charge in [-0.05, 0) is 25.1 Å². The van der Waals surface area contributed by atoms with Crippen LogP contribution in [0.1, 0.15) is 11.5 Å². The Labute approximate surface area is 163 Å². The molecule has 1 N–H and O–H groups in total. The molecule has 1 aromatic heterocycles. The molecule has 9 heteroatoms. The second kappa shape index (κ2) is 8.22. The molecule has 0 aliphatic heterocycles. The molecule has 0 fully saturated rings. The zero-order valence-corrected chi connectivity index (χ0v) is 16.3. The van der Waals surface area contributed by atoms with E-state index in [0.717, 1.165) is 21.7 Å². The number of amides is 1. The van der Waals surface area contributed by atoms with Crippen LogP contribution in [0.2, 0.25) is 0 Å². The Morgan fingerprint density at radius 1 is 1.14 bits per heavy atom. The predicted molar refractivity (Wildman–Crippen MR) is 105 cm³/mol. The van der Waals surface area contributed by atoms with Crippen LogP contribution in [0.25, 0.3) is 11.4 Å². The molecule has 0 atom stereocenters. The summed E-state index contributed by atoms with van der Waals surface area (Å²) in [6, 6.07) is 16.1. The van der Waals surface area contributed by atoms with Gasteiger partial charge in [0, 0.05) is 5.56 Å². The Kier molecular flexibility index (Phi) is 5.74. The minimum absolute atomic E-state index is 0.00401. The minimum atomic E-state index is -3.61. The van der Waals surface area contributed by atoms with Gasteiger partial charge in [-0.3, -0.25) is 9.10 Å². The number of rotatable bonds is 7. The highest BCUT2D eigenvalue weighted by atomic mass is 32.2. The Hall–Kier alpha value is -3.20. The van der Waals surface area contributed by atoms with Gasteiger partial charge in [-0.25, -0.2) is 8.42 Å². The zero-order valence-electron chi connectivity index (χ0n) is 15.5. The number of benzene rings is 2. The smallest absolute Gasteiger partial charge is 0.246 e. The third-order valence-corrected chi connectivity index (χ3v) is 5.05. The summed E-state index contributed by atoms with van der Waals surface area (Å²) in [6.07, 6.45) is 1.05. The van der Waals surface area contributed by atoms with Gasteiger partial charge >= 0.3 is 0 Å². The molecule has 0 spiro atoms. The largest absolute Gasteiger partial charge is 0.345 e. The quantitative estimate of drug-likeness (QED) is 0.651. The number of hydrogen-bond donors (Lipinski definition) is 1. The fourth-order valence-electron chi connectivity index (χ4n) is 2.58. The second-order valence-electron chi connectivity index (χ2n) is 6.26. The Morgan fingerprint density at radius 3 is 2.57 bits per heavy atom. The first-order valence-corrected chi connectivity index (χ1v) is 10.4. The van der Waals surface area contributed by atoms with Crippen molar-refractivity contribution in [1.82, 2.24) is 15.5 Å². The topological polar surface area (TPSA) is 105 Å². The van der Waals surface area contributed by atoms with Gasteiger partial charge in [0.05, 0.1) is 18.5 Å². The highest BCUT2D eigenvalue weighted by Gasteiger charge is 2.21. The van der Waals surface area contributed by atoms with Gasteiger partial charge in [-0.15, -0.1) is 0 Å². The fourth-order valence-corrected chi connectivity index (χ4v) is 3.44. The van der Waals surface area contributed by atoms with Crippen LogP contribution < -0.4 is 9.62 Å². The van der Waals surface area contributed by atoms with Gasteiger partial charge in [0.15, 0.2) is 0 Å². The third kappa shape index (κ3) is 4.95. The highest BCUT2D eigenvalue weighted by molar-refractivity contribution is 7.92. The fraction of sp³-hybridized carbons (Fsp3) is 0.211. The summed E-state index contributed by atoms with van der Waals surface area (Å²) in [5.41, 5.74) is 2.30. The van der Waals surface area contributed by atoms with Crippen molar-refractivity contribution in [2.24, 2.45) is 0 Å². The molecular weight excluding hydrogens is 380 g/mol. The molecule has 0 radical (unpaired) electrons. The van der Waals surface area contributed by atoms with E-state index in [-0.39, 0.29) is 19.0 Å². The van der Waals surface area contributed by atoms with Crippen LogP contribution in [0.5, 0.6) is 0 Å². The first kappa shape index (κ1) is 19.6. The molecule has 3 aromatic rings. The molecule has 3 rings (SSSR count). The average molecular weight is 400 g/mol.